The average molecular weight is 546 g/mol. The lowest BCUT2D eigenvalue weighted by Crippen LogP contribution is -2.42. The topological polar surface area (TPSA) is 39.9 Å². The zero-order valence-electron chi connectivity index (χ0n) is 25.0. The molecule has 212 valence electrons. The summed E-state index contributed by atoms with van der Waals surface area (Å²) in [6, 6.07) is 26.7. The number of aromatic nitrogens is 3. The van der Waals surface area contributed by atoms with E-state index in [1.54, 1.807) is 5.56 Å². The van der Waals surface area contributed by atoms with Crippen LogP contribution in [0.5, 0.6) is 5.75 Å². The zero-order valence-corrected chi connectivity index (χ0v) is 25.0. The molecule has 0 saturated heterocycles. The Labute approximate surface area is 245 Å². The number of hydrogen-bond donors (Lipinski definition) is 0. The van der Waals surface area contributed by atoms with Crippen molar-refractivity contribution in [2.45, 2.75) is 90.2 Å². The summed E-state index contributed by atoms with van der Waals surface area (Å²) in [4.78, 5) is 0. The van der Waals surface area contributed by atoms with Gasteiger partial charge in [-0.2, -0.15) is 0 Å². The van der Waals surface area contributed by atoms with Gasteiger partial charge in [-0.25, -0.2) is 4.68 Å². The summed E-state index contributed by atoms with van der Waals surface area (Å²) in [5.41, 5.74) is 8.23. The highest BCUT2D eigenvalue weighted by molar-refractivity contribution is 5.58. The predicted molar refractivity (Wildman–Crippen MR) is 165 cm³/mol. The van der Waals surface area contributed by atoms with E-state index >= 15 is 0 Å². The Morgan fingerprint density at radius 2 is 1.73 bits per heavy atom. The number of benzene rings is 3. The van der Waals surface area contributed by atoms with Gasteiger partial charge in [-0.15, -0.1) is 5.10 Å². The Morgan fingerprint density at radius 3 is 2.51 bits per heavy atom. The highest BCUT2D eigenvalue weighted by atomic mass is 16.5. The maximum atomic E-state index is 6.18. The molecule has 4 nitrogen and oxygen atoms in total. The second-order valence-electron chi connectivity index (χ2n) is 14.1. The number of ether oxygens (including phenoxy) is 1. The maximum Gasteiger partial charge on any atom is 0.120 e. The van der Waals surface area contributed by atoms with Gasteiger partial charge in [-0.05, 0) is 101 Å². The van der Waals surface area contributed by atoms with Gasteiger partial charge in [0, 0.05) is 5.56 Å². The molecule has 0 spiro atoms. The van der Waals surface area contributed by atoms with Crippen molar-refractivity contribution in [3.63, 3.8) is 0 Å². The van der Waals surface area contributed by atoms with Gasteiger partial charge < -0.3 is 4.74 Å². The van der Waals surface area contributed by atoms with Crippen LogP contribution < -0.4 is 4.74 Å². The number of hydrogen-bond acceptors (Lipinski definition) is 3. The molecule has 0 unspecified atom stereocenters. The van der Waals surface area contributed by atoms with Crippen molar-refractivity contribution in [2.24, 2.45) is 17.3 Å². The van der Waals surface area contributed by atoms with Crippen LogP contribution in [0, 0.1) is 17.3 Å². The molecule has 0 aliphatic heterocycles. The van der Waals surface area contributed by atoms with Crippen LogP contribution in [0.1, 0.15) is 94.0 Å². The standard InChI is InChI=1S/C37H43N3O/c1-36(2,3)28-13-10-26(11-14-28)34-23-40(39-38-34)35-19-18-33-32-16-12-27-22-29(41-24-25-8-6-5-7-9-25)15-17-30(27)31(32)20-21-37(33,35)4/h5-11,13-15,17,22-23,31-33,35H,12,16,18-21,24H2,1-4H3/t31-,32-,33+,35-,37+/m1/s1. The first kappa shape index (κ1) is 26.5. The lowest BCUT2D eigenvalue weighted by Gasteiger charge is -2.50. The molecule has 1 aromatic heterocycles. The molecule has 0 radical (unpaired) electrons. The highest BCUT2D eigenvalue weighted by Gasteiger charge is 2.55. The van der Waals surface area contributed by atoms with Gasteiger partial charge in [0.05, 0.1) is 12.2 Å². The van der Waals surface area contributed by atoms with Gasteiger partial charge in [0.25, 0.3) is 0 Å². The molecule has 4 aromatic rings. The molecule has 41 heavy (non-hydrogen) atoms. The molecule has 1 heterocycles. The Kier molecular flexibility index (Phi) is 6.56. The van der Waals surface area contributed by atoms with E-state index in [1.807, 2.05) is 0 Å². The summed E-state index contributed by atoms with van der Waals surface area (Å²) in [5, 5.41) is 9.37. The fourth-order valence-corrected chi connectivity index (χ4v) is 8.50. The second-order valence-corrected chi connectivity index (χ2v) is 14.1. The van der Waals surface area contributed by atoms with Crippen LogP contribution in [-0.2, 0) is 18.4 Å². The Morgan fingerprint density at radius 1 is 0.927 bits per heavy atom. The zero-order chi connectivity index (χ0) is 28.2. The molecule has 2 saturated carbocycles. The van der Waals surface area contributed by atoms with E-state index in [2.05, 4.69) is 116 Å². The average Bonchev–Trinajstić information content (AvgIpc) is 3.60. The van der Waals surface area contributed by atoms with Gasteiger partial charge in [-0.1, -0.05) is 93.6 Å². The third kappa shape index (κ3) is 4.79. The molecule has 5 atom stereocenters. The van der Waals surface area contributed by atoms with E-state index in [1.165, 1.54) is 48.8 Å². The van der Waals surface area contributed by atoms with Gasteiger partial charge in [0.15, 0.2) is 0 Å². The quantitative estimate of drug-likeness (QED) is 0.251. The van der Waals surface area contributed by atoms with Gasteiger partial charge in [0.2, 0.25) is 0 Å². The van der Waals surface area contributed by atoms with Gasteiger partial charge in [-0.3, -0.25) is 0 Å². The molecule has 2 fully saturated rings. The second kappa shape index (κ2) is 10.2. The van der Waals surface area contributed by atoms with Crippen molar-refractivity contribution < 1.29 is 4.74 Å². The summed E-state index contributed by atoms with van der Waals surface area (Å²) in [6.45, 7) is 9.96. The first-order chi connectivity index (χ1) is 19.8. The first-order valence-electron chi connectivity index (χ1n) is 15.6. The molecule has 0 bridgehead atoms. The minimum absolute atomic E-state index is 0.153. The molecular weight excluding hydrogens is 502 g/mol. The van der Waals surface area contributed by atoms with E-state index in [9.17, 15) is 0 Å². The minimum Gasteiger partial charge on any atom is -0.489 e. The lowest BCUT2D eigenvalue weighted by molar-refractivity contribution is 0.0284. The first-order valence-corrected chi connectivity index (χ1v) is 15.6. The normalized spacial score (nSPS) is 27.1. The third-order valence-electron chi connectivity index (χ3n) is 10.8. The third-order valence-corrected chi connectivity index (χ3v) is 10.8. The predicted octanol–water partition coefficient (Wildman–Crippen LogP) is 8.92. The fraction of sp³-hybridized carbons (Fsp3) is 0.459. The van der Waals surface area contributed by atoms with E-state index in [-0.39, 0.29) is 10.8 Å². The van der Waals surface area contributed by atoms with Crippen molar-refractivity contribution in [2.75, 3.05) is 0 Å². The van der Waals surface area contributed by atoms with Crippen LogP contribution in [0.4, 0.5) is 0 Å². The maximum absolute atomic E-state index is 6.18. The summed E-state index contributed by atoms with van der Waals surface area (Å²) in [6.07, 6.45) is 9.68. The molecule has 0 amide bonds. The van der Waals surface area contributed by atoms with Crippen LogP contribution in [0.3, 0.4) is 0 Å². The molecule has 4 heteroatoms. The van der Waals surface area contributed by atoms with Crippen LogP contribution in [0.2, 0.25) is 0 Å². The van der Waals surface area contributed by atoms with Gasteiger partial charge in [0.1, 0.15) is 18.1 Å². The number of nitrogens with zero attached hydrogens (tertiary/aromatic N) is 3. The summed E-state index contributed by atoms with van der Waals surface area (Å²) < 4.78 is 8.40. The number of aryl methyl sites for hydroxylation is 1. The SMILES string of the molecule is CC(C)(C)c1ccc(-c2cn([C@@H]3CC[C@H]4[C@@H]5CCc6cc(OCc7ccccc7)ccc6[C@H]5CC[C@@]43C)nn2)cc1. The lowest BCUT2D eigenvalue weighted by atomic mass is 9.55. The number of rotatable bonds is 5. The van der Waals surface area contributed by atoms with Crippen molar-refractivity contribution in [1.82, 2.24) is 15.0 Å². The Balaban J connectivity index is 1.06. The summed E-state index contributed by atoms with van der Waals surface area (Å²) >= 11 is 0. The van der Waals surface area contributed by atoms with Gasteiger partial charge >= 0.3 is 0 Å². The van der Waals surface area contributed by atoms with Crippen molar-refractivity contribution in [3.8, 4) is 17.0 Å². The number of fused-ring (bicyclic) bond motifs is 5. The highest BCUT2D eigenvalue weighted by Crippen LogP contribution is 2.64. The van der Waals surface area contributed by atoms with Crippen LogP contribution in [0.25, 0.3) is 11.3 Å². The Hall–Kier alpha value is -3.40. The van der Waals surface area contributed by atoms with Crippen LogP contribution >= 0.6 is 0 Å². The molecule has 3 aromatic carbocycles. The largest absolute Gasteiger partial charge is 0.489 e. The van der Waals surface area contributed by atoms with E-state index in [0.29, 0.717) is 18.6 Å². The summed E-state index contributed by atoms with van der Waals surface area (Å²) in [5.74, 6) is 3.18. The molecule has 3 aliphatic rings. The van der Waals surface area contributed by atoms with Crippen molar-refractivity contribution >= 4 is 0 Å². The van der Waals surface area contributed by atoms with E-state index in [0.717, 1.165) is 35.3 Å². The monoisotopic (exact) mass is 545 g/mol. The summed E-state index contributed by atoms with van der Waals surface area (Å²) in [7, 11) is 0. The van der Waals surface area contributed by atoms with Crippen molar-refractivity contribution in [3.05, 3.63) is 101 Å². The minimum atomic E-state index is 0.153. The van der Waals surface area contributed by atoms with Crippen molar-refractivity contribution in [1.29, 1.82) is 0 Å². The molecule has 3 aliphatic carbocycles. The van der Waals surface area contributed by atoms with E-state index < -0.39 is 0 Å². The smallest absolute Gasteiger partial charge is 0.120 e. The Bertz CT molecular complexity index is 1520. The van der Waals surface area contributed by atoms with Crippen LogP contribution in [0.15, 0.2) is 79.0 Å². The van der Waals surface area contributed by atoms with E-state index in [4.69, 9.17) is 9.95 Å². The molecule has 7 rings (SSSR count). The van der Waals surface area contributed by atoms with Crippen LogP contribution in [-0.4, -0.2) is 15.0 Å². The molecule has 0 N–H and O–H groups in total. The fourth-order valence-electron chi connectivity index (χ4n) is 8.50. The molecular formula is C37H43N3O.